The summed E-state index contributed by atoms with van der Waals surface area (Å²) in [6, 6.07) is 3.16. The Morgan fingerprint density at radius 1 is 1.24 bits per heavy atom. The van der Waals surface area contributed by atoms with E-state index in [2.05, 4.69) is 10.0 Å². The number of hydrogen-bond donors (Lipinski definition) is 3. The zero-order valence-electron chi connectivity index (χ0n) is 12.7. The van der Waals surface area contributed by atoms with E-state index in [4.69, 9.17) is 5.73 Å². The molecule has 1 aromatic rings. The SMILES string of the molecule is CCCNC(=O)CCNS(=O)(=O)c1cc(N)cc(C)c1C. The topological polar surface area (TPSA) is 101 Å². The highest BCUT2D eigenvalue weighted by molar-refractivity contribution is 7.89. The van der Waals surface area contributed by atoms with Crippen LogP contribution in [0.25, 0.3) is 0 Å². The van der Waals surface area contributed by atoms with Crippen molar-refractivity contribution in [2.75, 3.05) is 18.8 Å². The van der Waals surface area contributed by atoms with Crippen molar-refractivity contribution in [2.45, 2.75) is 38.5 Å². The Hall–Kier alpha value is -1.60. The molecule has 0 aliphatic rings. The third kappa shape index (κ3) is 5.02. The van der Waals surface area contributed by atoms with Gasteiger partial charge in [-0.2, -0.15) is 0 Å². The predicted molar refractivity (Wildman–Crippen MR) is 83.4 cm³/mol. The van der Waals surface area contributed by atoms with E-state index >= 15 is 0 Å². The second kappa shape index (κ2) is 7.42. The number of rotatable bonds is 7. The van der Waals surface area contributed by atoms with Crippen LogP contribution in [0.4, 0.5) is 5.69 Å². The van der Waals surface area contributed by atoms with Gasteiger partial charge in [0.05, 0.1) is 4.90 Å². The third-order valence-electron chi connectivity index (χ3n) is 3.15. The van der Waals surface area contributed by atoms with Crippen LogP contribution in [0.5, 0.6) is 0 Å². The Kier molecular flexibility index (Phi) is 6.17. The zero-order valence-corrected chi connectivity index (χ0v) is 13.5. The van der Waals surface area contributed by atoms with Gasteiger partial charge in [-0.1, -0.05) is 6.92 Å². The molecular formula is C14H23N3O3S. The van der Waals surface area contributed by atoms with Gasteiger partial charge >= 0.3 is 0 Å². The lowest BCUT2D eigenvalue weighted by Crippen LogP contribution is -2.31. The van der Waals surface area contributed by atoms with Crippen LogP contribution in [0.2, 0.25) is 0 Å². The number of anilines is 1. The van der Waals surface area contributed by atoms with Gasteiger partial charge in [-0.3, -0.25) is 4.79 Å². The molecule has 1 rings (SSSR count). The summed E-state index contributed by atoms with van der Waals surface area (Å²) >= 11 is 0. The summed E-state index contributed by atoms with van der Waals surface area (Å²) < 4.78 is 26.9. The van der Waals surface area contributed by atoms with E-state index < -0.39 is 10.0 Å². The summed E-state index contributed by atoms with van der Waals surface area (Å²) in [5, 5.41) is 2.69. The molecule has 21 heavy (non-hydrogen) atoms. The van der Waals surface area contributed by atoms with Gasteiger partial charge in [-0.05, 0) is 43.5 Å². The van der Waals surface area contributed by atoms with Gasteiger partial charge in [0.1, 0.15) is 0 Å². The molecular weight excluding hydrogens is 290 g/mol. The molecule has 0 atom stereocenters. The minimum Gasteiger partial charge on any atom is -0.399 e. The van der Waals surface area contributed by atoms with Crippen molar-refractivity contribution < 1.29 is 13.2 Å². The first-order valence-electron chi connectivity index (χ1n) is 6.91. The number of benzene rings is 1. The van der Waals surface area contributed by atoms with Crippen molar-refractivity contribution in [2.24, 2.45) is 0 Å². The summed E-state index contributed by atoms with van der Waals surface area (Å²) in [5.74, 6) is -0.167. The van der Waals surface area contributed by atoms with Crippen molar-refractivity contribution >= 4 is 21.6 Å². The molecule has 7 heteroatoms. The first-order valence-corrected chi connectivity index (χ1v) is 8.39. The maximum absolute atomic E-state index is 12.3. The Bertz CT molecular complexity index is 612. The quantitative estimate of drug-likeness (QED) is 0.656. The first kappa shape index (κ1) is 17.5. The third-order valence-corrected chi connectivity index (χ3v) is 4.74. The molecule has 1 aromatic carbocycles. The van der Waals surface area contributed by atoms with Crippen molar-refractivity contribution in [3.63, 3.8) is 0 Å². The van der Waals surface area contributed by atoms with Crippen molar-refractivity contribution in [3.8, 4) is 0 Å². The van der Waals surface area contributed by atoms with E-state index in [0.29, 0.717) is 17.8 Å². The molecule has 0 unspecified atom stereocenters. The number of carbonyl (C=O) groups excluding carboxylic acids is 1. The van der Waals surface area contributed by atoms with Crippen LogP contribution in [-0.2, 0) is 14.8 Å². The van der Waals surface area contributed by atoms with E-state index in [-0.39, 0.29) is 23.8 Å². The Labute approximate surface area is 126 Å². The van der Waals surface area contributed by atoms with E-state index in [1.54, 1.807) is 13.0 Å². The number of amides is 1. The van der Waals surface area contributed by atoms with Gasteiger partial charge in [-0.15, -0.1) is 0 Å². The molecule has 0 saturated heterocycles. The van der Waals surface area contributed by atoms with Crippen LogP contribution in [0.15, 0.2) is 17.0 Å². The molecule has 0 aromatic heterocycles. The van der Waals surface area contributed by atoms with Crippen LogP contribution in [0.1, 0.15) is 30.9 Å². The molecule has 6 nitrogen and oxygen atoms in total. The summed E-state index contributed by atoms with van der Waals surface area (Å²) in [6.45, 7) is 6.15. The van der Waals surface area contributed by atoms with Gasteiger partial charge in [-0.25, -0.2) is 13.1 Å². The number of hydrogen-bond acceptors (Lipinski definition) is 4. The molecule has 118 valence electrons. The second-order valence-corrected chi connectivity index (χ2v) is 6.69. The highest BCUT2D eigenvalue weighted by Crippen LogP contribution is 2.22. The average molecular weight is 313 g/mol. The van der Waals surface area contributed by atoms with Gasteiger partial charge in [0, 0.05) is 25.2 Å². The monoisotopic (exact) mass is 313 g/mol. The fraction of sp³-hybridized carbons (Fsp3) is 0.500. The van der Waals surface area contributed by atoms with Crippen molar-refractivity contribution in [3.05, 3.63) is 23.3 Å². The van der Waals surface area contributed by atoms with E-state index in [1.807, 2.05) is 13.8 Å². The first-order chi connectivity index (χ1) is 9.77. The predicted octanol–water partition coefficient (Wildman–Crippen LogP) is 1.08. The van der Waals surface area contributed by atoms with Crippen molar-refractivity contribution in [1.82, 2.24) is 10.0 Å². The lowest BCUT2D eigenvalue weighted by atomic mass is 10.1. The number of nitrogens with two attached hydrogens (primary N) is 1. The van der Waals surface area contributed by atoms with Crippen LogP contribution < -0.4 is 15.8 Å². The van der Waals surface area contributed by atoms with E-state index in [1.165, 1.54) is 6.07 Å². The highest BCUT2D eigenvalue weighted by Gasteiger charge is 2.18. The standard InChI is InChI=1S/C14H23N3O3S/c1-4-6-16-14(18)5-7-17-21(19,20)13-9-12(15)8-10(2)11(13)3/h8-9,17H,4-7,15H2,1-3H3,(H,16,18). The van der Waals surface area contributed by atoms with Crippen LogP contribution >= 0.6 is 0 Å². The van der Waals surface area contributed by atoms with Gasteiger partial charge in [0.2, 0.25) is 15.9 Å². The largest absolute Gasteiger partial charge is 0.399 e. The normalized spacial score (nSPS) is 11.4. The molecule has 0 aliphatic heterocycles. The summed E-state index contributed by atoms with van der Waals surface area (Å²) in [4.78, 5) is 11.6. The summed E-state index contributed by atoms with van der Waals surface area (Å²) in [6.07, 6.45) is 0.957. The smallest absolute Gasteiger partial charge is 0.240 e. The molecule has 0 radical (unpaired) electrons. The van der Waals surface area contributed by atoms with Gasteiger partial charge in [0.15, 0.2) is 0 Å². The number of aryl methyl sites for hydroxylation is 1. The summed E-state index contributed by atoms with van der Waals surface area (Å²) in [5.41, 5.74) is 7.58. The number of carbonyl (C=O) groups is 1. The number of sulfonamides is 1. The Balaban J connectivity index is 2.73. The Morgan fingerprint density at radius 3 is 2.52 bits per heavy atom. The fourth-order valence-electron chi connectivity index (χ4n) is 1.86. The molecule has 4 N–H and O–H groups in total. The molecule has 0 heterocycles. The molecule has 0 fully saturated rings. The Morgan fingerprint density at radius 2 is 1.90 bits per heavy atom. The van der Waals surface area contributed by atoms with Crippen LogP contribution in [-0.4, -0.2) is 27.4 Å². The van der Waals surface area contributed by atoms with Crippen LogP contribution in [0, 0.1) is 13.8 Å². The lowest BCUT2D eigenvalue weighted by molar-refractivity contribution is -0.120. The average Bonchev–Trinajstić information content (AvgIpc) is 2.40. The minimum absolute atomic E-state index is 0.0607. The maximum atomic E-state index is 12.3. The highest BCUT2D eigenvalue weighted by atomic mass is 32.2. The van der Waals surface area contributed by atoms with Gasteiger partial charge < -0.3 is 11.1 Å². The zero-order chi connectivity index (χ0) is 16.0. The minimum atomic E-state index is -3.66. The van der Waals surface area contributed by atoms with E-state index in [9.17, 15) is 13.2 Å². The van der Waals surface area contributed by atoms with Gasteiger partial charge in [0.25, 0.3) is 0 Å². The molecule has 0 aliphatic carbocycles. The lowest BCUT2D eigenvalue weighted by Gasteiger charge is -2.12. The number of nitrogens with one attached hydrogen (secondary N) is 2. The molecule has 0 bridgehead atoms. The maximum Gasteiger partial charge on any atom is 0.240 e. The molecule has 0 saturated carbocycles. The number of nitrogen functional groups attached to an aromatic ring is 1. The molecule has 1 amide bonds. The van der Waals surface area contributed by atoms with Crippen molar-refractivity contribution in [1.29, 1.82) is 0 Å². The molecule has 0 spiro atoms. The second-order valence-electron chi connectivity index (χ2n) is 4.96. The fourth-order valence-corrected chi connectivity index (χ4v) is 3.24. The van der Waals surface area contributed by atoms with E-state index in [0.717, 1.165) is 12.0 Å². The van der Waals surface area contributed by atoms with Crippen LogP contribution in [0.3, 0.4) is 0 Å². The summed E-state index contributed by atoms with van der Waals surface area (Å²) in [7, 11) is -3.66.